The molecule has 5 nitrogen and oxygen atoms in total. The molecule has 3 aromatic carbocycles. The maximum atomic E-state index is 11.6. The van der Waals surface area contributed by atoms with Crippen LogP contribution in [0.1, 0.15) is 64.6 Å². The first kappa shape index (κ1) is 23.4. The van der Waals surface area contributed by atoms with Gasteiger partial charge in [0.1, 0.15) is 0 Å². The van der Waals surface area contributed by atoms with Crippen LogP contribution in [0.3, 0.4) is 0 Å². The second-order valence-corrected chi connectivity index (χ2v) is 9.71. The van der Waals surface area contributed by atoms with Crippen LogP contribution in [0.4, 0.5) is 17.1 Å². The second-order valence-electron chi connectivity index (χ2n) is 9.71. The standard InChI is InChI=1S/C30H34N2O3/c1-35-18-17-32(25-13-11-22(12-14-25)21-9-10-21)26-15-16-27-23(19-26)5-4-6-24(27)20-31-29-8-3-2-7-28(29)30(33)34/h2-3,7-8,11-16,19,21,24,31H,4-6,9-10,17-18,20H2,1H3,(H,33,34)/t24-/m0/s1. The Hall–Kier alpha value is -3.31. The molecule has 3 aromatic rings. The summed E-state index contributed by atoms with van der Waals surface area (Å²) in [7, 11) is 1.75. The van der Waals surface area contributed by atoms with Gasteiger partial charge in [-0.05, 0) is 91.1 Å². The Morgan fingerprint density at radius 1 is 1.03 bits per heavy atom. The number of fused-ring (bicyclic) bond motifs is 1. The third kappa shape index (κ3) is 5.35. The number of nitrogens with one attached hydrogen (secondary N) is 1. The summed E-state index contributed by atoms with van der Waals surface area (Å²) in [4.78, 5) is 13.9. The summed E-state index contributed by atoms with van der Waals surface area (Å²) in [5.41, 5.74) is 7.62. The lowest BCUT2D eigenvalue weighted by Crippen LogP contribution is -2.23. The highest BCUT2D eigenvalue weighted by molar-refractivity contribution is 5.94. The number of methoxy groups -OCH3 is 1. The van der Waals surface area contributed by atoms with Crippen LogP contribution in [0.25, 0.3) is 0 Å². The molecule has 1 atom stereocenters. The van der Waals surface area contributed by atoms with Crippen molar-refractivity contribution in [2.75, 3.05) is 37.0 Å². The number of hydrogen-bond donors (Lipinski definition) is 2. The lowest BCUT2D eigenvalue weighted by molar-refractivity contribution is 0.0698. The minimum absolute atomic E-state index is 0.320. The summed E-state index contributed by atoms with van der Waals surface area (Å²) in [5, 5.41) is 12.9. The van der Waals surface area contributed by atoms with Crippen LogP contribution in [-0.2, 0) is 11.2 Å². The average Bonchev–Trinajstić information content (AvgIpc) is 3.74. The molecule has 5 heteroatoms. The number of carboxylic acids is 1. The molecule has 0 unspecified atom stereocenters. The van der Waals surface area contributed by atoms with Crippen molar-refractivity contribution in [3.63, 3.8) is 0 Å². The maximum Gasteiger partial charge on any atom is 0.337 e. The molecule has 1 fully saturated rings. The predicted octanol–water partition coefficient (Wildman–Crippen LogP) is 6.58. The molecule has 5 rings (SSSR count). The van der Waals surface area contributed by atoms with Crippen LogP contribution in [0.2, 0.25) is 0 Å². The number of ether oxygens (including phenoxy) is 1. The molecule has 0 saturated heterocycles. The van der Waals surface area contributed by atoms with Crippen molar-refractivity contribution in [2.45, 2.75) is 43.9 Å². The van der Waals surface area contributed by atoms with Gasteiger partial charge in [-0.1, -0.05) is 30.3 Å². The predicted molar refractivity (Wildman–Crippen MR) is 141 cm³/mol. The number of aryl methyl sites for hydroxylation is 1. The number of hydrogen-bond acceptors (Lipinski definition) is 4. The van der Waals surface area contributed by atoms with Crippen LogP contribution in [0, 0.1) is 0 Å². The van der Waals surface area contributed by atoms with Crippen LogP contribution < -0.4 is 10.2 Å². The fourth-order valence-electron chi connectivity index (χ4n) is 5.27. The first-order chi connectivity index (χ1) is 17.1. The van der Waals surface area contributed by atoms with Crippen molar-refractivity contribution in [2.24, 2.45) is 0 Å². The van der Waals surface area contributed by atoms with Gasteiger partial charge in [0.25, 0.3) is 0 Å². The van der Waals surface area contributed by atoms with E-state index in [1.807, 2.05) is 12.1 Å². The van der Waals surface area contributed by atoms with Crippen molar-refractivity contribution in [3.8, 4) is 0 Å². The monoisotopic (exact) mass is 470 g/mol. The van der Waals surface area contributed by atoms with E-state index in [2.05, 4.69) is 52.7 Å². The summed E-state index contributed by atoms with van der Waals surface area (Å²) in [6.07, 6.45) is 5.94. The summed E-state index contributed by atoms with van der Waals surface area (Å²) in [6.45, 7) is 2.19. The molecule has 0 radical (unpaired) electrons. The fourth-order valence-corrected chi connectivity index (χ4v) is 5.27. The molecule has 0 amide bonds. The number of para-hydroxylation sites is 1. The Labute approximate surface area is 207 Å². The third-order valence-corrected chi connectivity index (χ3v) is 7.35. The summed E-state index contributed by atoms with van der Waals surface area (Å²) in [5.74, 6) is 0.219. The quantitative estimate of drug-likeness (QED) is 0.350. The van der Waals surface area contributed by atoms with Crippen LogP contribution >= 0.6 is 0 Å². The van der Waals surface area contributed by atoms with E-state index in [1.165, 1.54) is 40.9 Å². The molecule has 35 heavy (non-hydrogen) atoms. The highest BCUT2D eigenvalue weighted by atomic mass is 16.5. The first-order valence-corrected chi connectivity index (χ1v) is 12.7. The van der Waals surface area contributed by atoms with Gasteiger partial charge in [-0.15, -0.1) is 0 Å². The van der Waals surface area contributed by atoms with E-state index in [9.17, 15) is 9.90 Å². The van der Waals surface area contributed by atoms with E-state index >= 15 is 0 Å². The number of carbonyl (C=O) groups is 1. The number of rotatable bonds is 10. The van der Waals surface area contributed by atoms with Crippen molar-refractivity contribution in [3.05, 3.63) is 89.0 Å². The molecular weight excluding hydrogens is 436 g/mol. The topological polar surface area (TPSA) is 61.8 Å². The van der Waals surface area contributed by atoms with E-state index in [0.29, 0.717) is 23.8 Å². The largest absolute Gasteiger partial charge is 0.478 e. The Kier molecular flexibility index (Phi) is 7.05. The van der Waals surface area contributed by atoms with Crippen molar-refractivity contribution in [1.82, 2.24) is 0 Å². The van der Waals surface area contributed by atoms with Crippen molar-refractivity contribution < 1.29 is 14.6 Å². The lowest BCUT2D eigenvalue weighted by Gasteiger charge is -2.30. The van der Waals surface area contributed by atoms with Gasteiger partial charge < -0.3 is 20.1 Å². The minimum atomic E-state index is -0.900. The number of carboxylic acid groups (broad SMARTS) is 1. The Balaban J connectivity index is 1.36. The zero-order chi connectivity index (χ0) is 24.2. The molecule has 2 aliphatic carbocycles. The fraction of sp³-hybridized carbons (Fsp3) is 0.367. The maximum absolute atomic E-state index is 11.6. The zero-order valence-electron chi connectivity index (χ0n) is 20.4. The van der Waals surface area contributed by atoms with E-state index < -0.39 is 5.97 Å². The van der Waals surface area contributed by atoms with Crippen LogP contribution in [0.15, 0.2) is 66.7 Å². The summed E-state index contributed by atoms with van der Waals surface area (Å²) >= 11 is 0. The Morgan fingerprint density at radius 3 is 2.54 bits per heavy atom. The molecule has 0 heterocycles. The van der Waals surface area contributed by atoms with Gasteiger partial charge in [0.2, 0.25) is 0 Å². The smallest absolute Gasteiger partial charge is 0.337 e. The summed E-state index contributed by atoms with van der Waals surface area (Å²) < 4.78 is 5.43. The minimum Gasteiger partial charge on any atom is -0.478 e. The number of anilines is 3. The van der Waals surface area contributed by atoms with Gasteiger partial charge in [-0.3, -0.25) is 0 Å². The van der Waals surface area contributed by atoms with E-state index in [-0.39, 0.29) is 0 Å². The Bertz CT molecular complexity index is 1170. The van der Waals surface area contributed by atoms with Gasteiger partial charge in [-0.25, -0.2) is 4.79 Å². The molecule has 0 aliphatic heterocycles. The van der Waals surface area contributed by atoms with Crippen molar-refractivity contribution >= 4 is 23.0 Å². The molecule has 2 aliphatic rings. The SMILES string of the molecule is COCCN(c1ccc(C2CC2)cc1)c1ccc2c(c1)CCC[C@H]2CNc1ccccc1C(=O)O. The molecule has 182 valence electrons. The molecule has 0 aromatic heterocycles. The zero-order valence-corrected chi connectivity index (χ0v) is 20.4. The first-order valence-electron chi connectivity index (χ1n) is 12.7. The normalized spacial score (nSPS) is 17.0. The third-order valence-electron chi connectivity index (χ3n) is 7.35. The number of aromatic carboxylic acids is 1. The number of nitrogens with zero attached hydrogens (tertiary/aromatic N) is 1. The highest BCUT2D eigenvalue weighted by Crippen LogP contribution is 2.41. The number of benzene rings is 3. The Morgan fingerprint density at radius 2 is 1.80 bits per heavy atom. The van der Waals surface area contributed by atoms with Crippen LogP contribution in [0.5, 0.6) is 0 Å². The second kappa shape index (κ2) is 10.5. The van der Waals surface area contributed by atoms with Gasteiger partial charge in [-0.2, -0.15) is 0 Å². The molecule has 2 N–H and O–H groups in total. The van der Waals surface area contributed by atoms with E-state index in [1.54, 1.807) is 19.2 Å². The average molecular weight is 471 g/mol. The highest BCUT2D eigenvalue weighted by Gasteiger charge is 2.24. The van der Waals surface area contributed by atoms with E-state index in [0.717, 1.165) is 38.3 Å². The molecular formula is C30H34N2O3. The lowest BCUT2D eigenvalue weighted by atomic mass is 9.82. The van der Waals surface area contributed by atoms with Crippen LogP contribution in [-0.4, -0.2) is 37.9 Å². The van der Waals surface area contributed by atoms with Gasteiger partial charge in [0, 0.05) is 43.2 Å². The molecule has 0 bridgehead atoms. The van der Waals surface area contributed by atoms with Gasteiger partial charge >= 0.3 is 5.97 Å². The van der Waals surface area contributed by atoms with E-state index in [4.69, 9.17) is 4.74 Å². The van der Waals surface area contributed by atoms with Gasteiger partial charge in [0.15, 0.2) is 0 Å². The summed E-state index contributed by atoms with van der Waals surface area (Å²) in [6, 6.07) is 23.0. The van der Waals surface area contributed by atoms with Crippen molar-refractivity contribution in [1.29, 1.82) is 0 Å². The van der Waals surface area contributed by atoms with Gasteiger partial charge in [0.05, 0.1) is 12.2 Å². The molecule has 0 spiro atoms. The molecule has 1 saturated carbocycles.